The van der Waals surface area contributed by atoms with Crippen molar-refractivity contribution in [3.05, 3.63) is 42.2 Å². The van der Waals surface area contributed by atoms with Crippen molar-refractivity contribution in [2.45, 2.75) is 13.8 Å². The molecule has 1 aromatic heterocycles. The second kappa shape index (κ2) is 5.16. The van der Waals surface area contributed by atoms with Crippen molar-refractivity contribution in [1.82, 2.24) is 9.55 Å². The van der Waals surface area contributed by atoms with Gasteiger partial charge in [0.15, 0.2) is 0 Å². The minimum absolute atomic E-state index is 0.413. The number of nitrogens with one attached hydrogen (secondary N) is 1. The molecule has 5 heteroatoms. The molecule has 1 aromatic carbocycles. The molecule has 2 aromatic rings. The van der Waals surface area contributed by atoms with Crippen LogP contribution in [0.15, 0.2) is 30.6 Å². The summed E-state index contributed by atoms with van der Waals surface area (Å²) in [5, 5.41) is 3.14. The van der Waals surface area contributed by atoms with Crippen LogP contribution in [0.2, 0.25) is 0 Å². The molecule has 0 aliphatic rings. The van der Waals surface area contributed by atoms with Gasteiger partial charge < -0.3 is 5.32 Å². The van der Waals surface area contributed by atoms with Crippen LogP contribution in [0, 0.1) is 17.6 Å². The van der Waals surface area contributed by atoms with E-state index in [1.807, 2.05) is 0 Å². The second-order valence-corrected chi connectivity index (χ2v) is 4.52. The Hall–Kier alpha value is -1.91. The molecule has 0 atom stereocenters. The minimum atomic E-state index is -0.603. The van der Waals surface area contributed by atoms with Crippen LogP contribution in [0.1, 0.15) is 13.8 Å². The van der Waals surface area contributed by atoms with Crippen LogP contribution >= 0.6 is 0 Å². The molecule has 0 bridgehead atoms. The van der Waals surface area contributed by atoms with E-state index >= 15 is 0 Å². The Kier molecular flexibility index (Phi) is 3.60. The number of hydrogen-bond donors (Lipinski definition) is 1. The maximum atomic E-state index is 13.2. The van der Waals surface area contributed by atoms with Gasteiger partial charge in [0, 0.05) is 25.0 Å². The van der Waals surface area contributed by atoms with Crippen LogP contribution in [0.5, 0.6) is 0 Å². The standard InChI is InChI=1S/C13H15F2N3/c1-9(2)8-17-13-16-3-4-18(13)12-6-10(14)5-11(15)7-12/h3-7,9H,8H2,1-2H3,(H,16,17). The maximum absolute atomic E-state index is 13.2. The molecule has 0 spiro atoms. The van der Waals surface area contributed by atoms with E-state index in [1.54, 1.807) is 17.0 Å². The van der Waals surface area contributed by atoms with Gasteiger partial charge >= 0.3 is 0 Å². The van der Waals surface area contributed by atoms with E-state index in [1.165, 1.54) is 12.1 Å². The summed E-state index contributed by atoms with van der Waals surface area (Å²) in [5.41, 5.74) is 0.413. The van der Waals surface area contributed by atoms with Gasteiger partial charge in [-0.3, -0.25) is 4.57 Å². The fraction of sp³-hybridized carbons (Fsp3) is 0.308. The van der Waals surface area contributed by atoms with Gasteiger partial charge in [-0.2, -0.15) is 0 Å². The molecular formula is C13H15F2N3. The number of imidazole rings is 1. The fourth-order valence-corrected chi connectivity index (χ4v) is 1.62. The van der Waals surface area contributed by atoms with Gasteiger partial charge in [0.1, 0.15) is 11.6 Å². The number of nitrogens with zero attached hydrogens (tertiary/aromatic N) is 2. The summed E-state index contributed by atoms with van der Waals surface area (Å²) in [6, 6.07) is 3.39. The lowest BCUT2D eigenvalue weighted by Crippen LogP contribution is -2.12. The molecule has 0 fully saturated rings. The Balaban J connectivity index is 2.30. The summed E-state index contributed by atoms with van der Waals surface area (Å²) in [4.78, 5) is 4.13. The van der Waals surface area contributed by atoms with Crippen molar-refractivity contribution in [1.29, 1.82) is 0 Å². The van der Waals surface area contributed by atoms with E-state index in [4.69, 9.17) is 0 Å². The van der Waals surface area contributed by atoms with Crippen molar-refractivity contribution >= 4 is 5.95 Å². The third-order valence-corrected chi connectivity index (χ3v) is 2.43. The molecule has 0 saturated heterocycles. The first-order chi connectivity index (χ1) is 8.56. The van der Waals surface area contributed by atoms with Gasteiger partial charge in [-0.25, -0.2) is 13.8 Å². The predicted molar refractivity (Wildman–Crippen MR) is 66.8 cm³/mol. The first kappa shape index (κ1) is 12.5. The van der Waals surface area contributed by atoms with E-state index in [-0.39, 0.29) is 0 Å². The van der Waals surface area contributed by atoms with E-state index < -0.39 is 11.6 Å². The lowest BCUT2D eigenvalue weighted by Gasteiger charge is -2.11. The predicted octanol–water partition coefficient (Wildman–Crippen LogP) is 3.22. The smallest absolute Gasteiger partial charge is 0.207 e. The zero-order valence-electron chi connectivity index (χ0n) is 10.3. The maximum Gasteiger partial charge on any atom is 0.207 e. The van der Waals surface area contributed by atoms with Gasteiger partial charge in [-0.15, -0.1) is 0 Å². The lowest BCUT2D eigenvalue weighted by atomic mass is 10.2. The van der Waals surface area contributed by atoms with Gasteiger partial charge in [0.2, 0.25) is 5.95 Å². The van der Waals surface area contributed by atoms with E-state index in [0.29, 0.717) is 17.6 Å². The molecule has 2 rings (SSSR count). The highest BCUT2D eigenvalue weighted by Crippen LogP contribution is 2.17. The average molecular weight is 251 g/mol. The highest BCUT2D eigenvalue weighted by Gasteiger charge is 2.07. The number of anilines is 1. The fourth-order valence-electron chi connectivity index (χ4n) is 1.62. The summed E-state index contributed by atoms with van der Waals surface area (Å²) in [6.07, 6.45) is 3.25. The Morgan fingerprint density at radius 2 is 1.89 bits per heavy atom. The molecule has 0 amide bonds. The molecule has 1 heterocycles. The third kappa shape index (κ3) is 2.85. The summed E-state index contributed by atoms with van der Waals surface area (Å²) >= 11 is 0. The molecule has 1 N–H and O–H groups in total. The summed E-state index contributed by atoms with van der Waals surface area (Å²) in [5.74, 6) is -0.171. The Morgan fingerprint density at radius 1 is 1.22 bits per heavy atom. The molecule has 3 nitrogen and oxygen atoms in total. The molecule has 0 radical (unpaired) electrons. The summed E-state index contributed by atoms with van der Waals surface area (Å²) in [6.45, 7) is 4.89. The quantitative estimate of drug-likeness (QED) is 0.904. The molecule has 0 unspecified atom stereocenters. The van der Waals surface area contributed by atoms with Crippen molar-refractivity contribution < 1.29 is 8.78 Å². The van der Waals surface area contributed by atoms with Crippen molar-refractivity contribution in [2.75, 3.05) is 11.9 Å². The van der Waals surface area contributed by atoms with Crippen molar-refractivity contribution in [3.63, 3.8) is 0 Å². The van der Waals surface area contributed by atoms with E-state index in [2.05, 4.69) is 24.1 Å². The largest absolute Gasteiger partial charge is 0.355 e. The zero-order chi connectivity index (χ0) is 13.1. The van der Waals surface area contributed by atoms with Gasteiger partial charge in [-0.05, 0) is 18.1 Å². The Labute approximate surface area is 104 Å². The lowest BCUT2D eigenvalue weighted by molar-refractivity contribution is 0.581. The SMILES string of the molecule is CC(C)CNc1nccn1-c1cc(F)cc(F)c1. The second-order valence-electron chi connectivity index (χ2n) is 4.52. The first-order valence-corrected chi connectivity index (χ1v) is 5.80. The number of hydrogen-bond acceptors (Lipinski definition) is 2. The molecular weight excluding hydrogens is 236 g/mol. The van der Waals surface area contributed by atoms with Gasteiger partial charge in [0.25, 0.3) is 0 Å². The van der Waals surface area contributed by atoms with Crippen molar-refractivity contribution in [3.8, 4) is 5.69 Å². The van der Waals surface area contributed by atoms with Crippen LogP contribution in [0.25, 0.3) is 5.69 Å². The first-order valence-electron chi connectivity index (χ1n) is 5.80. The molecule has 18 heavy (non-hydrogen) atoms. The monoisotopic (exact) mass is 251 g/mol. The Bertz CT molecular complexity index is 515. The number of halogens is 2. The normalized spacial score (nSPS) is 10.9. The van der Waals surface area contributed by atoms with Crippen LogP contribution in [-0.2, 0) is 0 Å². The third-order valence-electron chi connectivity index (χ3n) is 2.43. The molecule has 0 aliphatic carbocycles. The van der Waals surface area contributed by atoms with Crippen LogP contribution in [-0.4, -0.2) is 16.1 Å². The minimum Gasteiger partial charge on any atom is -0.355 e. The summed E-state index contributed by atoms with van der Waals surface area (Å²) < 4.78 is 28.0. The highest BCUT2D eigenvalue weighted by molar-refractivity contribution is 5.42. The highest BCUT2D eigenvalue weighted by atomic mass is 19.1. The van der Waals surface area contributed by atoms with Crippen LogP contribution in [0.4, 0.5) is 14.7 Å². The van der Waals surface area contributed by atoms with Gasteiger partial charge in [0.05, 0.1) is 5.69 Å². The molecule has 0 saturated carbocycles. The van der Waals surface area contributed by atoms with Crippen LogP contribution < -0.4 is 5.32 Å². The molecule has 96 valence electrons. The van der Waals surface area contributed by atoms with Crippen molar-refractivity contribution in [2.24, 2.45) is 5.92 Å². The van der Waals surface area contributed by atoms with Crippen LogP contribution in [0.3, 0.4) is 0 Å². The zero-order valence-corrected chi connectivity index (χ0v) is 10.3. The van der Waals surface area contributed by atoms with E-state index in [0.717, 1.165) is 12.6 Å². The Morgan fingerprint density at radius 3 is 2.50 bits per heavy atom. The number of rotatable bonds is 4. The summed E-state index contributed by atoms with van der Waals surface area (Å²) in [7, 11) is 0. The number of benzene rings is 1. The molecule has 0 aliphatic heterocycles. The topological polar surface area (TPSA) is 29.9 Å². The van der Waals surface area contributed by atoms with Gasteiger partial charge in [-0.1, -0.05) is 13.8 Å². The average Bonchev–Trinajstić information content (AvgIpc) is 2.72. The number of aromatic nitrogens is 2. The van der Waals surface area contributed by atoms with E-state index in [9.17, 15) is 8.78 Å².